The first-order valence-corrected chi connectivity index (χ1v) is 7.15. The highest BCUT2D eigenvalue weighted by atomic mass is 16.3. The Balaban J connectivity index is 2.19. The molecule has 1 aliphatic heterocycles. The summed E-state index contributed by atoms with van der Waals surface area (Å²) >= 11 is 0. The van der Waals surface area contributed by atoms with Crippen LogP contribution in [-0.2, 0) is 0 Å². The van der Waals surface area contributed by atoms with Crippen LogP contribution in [-0.4, -0.2) is 18.2 Å². The van der Waals surface area contributed by atoms with Crippen molar-refractivity contribution < 1.29 is 5.11 Å². The molecule has 0 spiro atoms. The molecule has 18 heavy (non-hydrogen) atoms. The Morgan fingerprint density at radius 3 is 2.67 bits per heavy atom. The van der Waals surface area contributed by atoms with E-state index in [0.29, 0.717) is 0 Å². The van der Waals surface area contributed by atoms with Crippen LogP contribution in [0.3, 0.4) is 0 Å². The smallest absolute Gasteiger partial charge is 0.0807 e. The average molecular weight is 247 g/mol. The number of hydrogen-bond donors (Lipinski definition) is 1. The Kier molecular flexibility index (Phi) is 4.28. The van der Waals surface area contributed by atoms with Crippen LogP contribution in [0, 0.1) is 11.8 Å². The molecule has 1 saturated heterocycles. The van der Waals surface area contributed by atoms with E-state index in [4.69, 9.17) is 0 Å². The van der Waals surface area contributed by atoms with E-state index in [9.17, 15) is 5.11 Å². The summed E-state index contributed by atoms with van der Waals surface area (Å²) in [6.45, 7) is 8.89. The zero-order valence-electron chi connectivity index (χ0n) is 11.8. The van der Waals surface area contributed by atoms with E-state index in [-0.39, 0.29) is 6.10 Å². The Labute approximate surface area is 111 Å². The first-order chi connectivity index (χ1) is 8.63. The SMILES string of the molecule is CCC(O)c1ccccc1N1CCC(C(C)C)C1. The topological polar surface area (TPSA) is 23.5 Å². The number of aliphatic hydroxyl groups is 1. The van der Waals surface area contributed by atoms with Gasteiger partial charge in [0.2, 0.25) is 0 Å². The number of anilines is 1. The van der Waals surface area contributed by atoms with E-state index in [0.717, 1.165) is 36.9 Å². The van der Waals surface area contributed by atoms with Crippen molar-refractivity contribution in [1.82, 2.24) is 0 Å². The van der Waals surface area contributed by atoms with Crippen molar-refractivity contribution in [2.75, 3.05) is 18.0 Å². The van der Waals surface area contributed by atoms with Gasteiger partial charge in [0.25, 0.3) is 0 Å². The Bertz CT molecular complexity index is 388. The largest absolute Gasteiger partial charge is 0.388 e. The number of nitrogens with zero attached hydrogens (tertiary/aromatic N) is 1. The molecule has 1 aromatic rings. The molecule has 1 N–H and O–H groups in total. The van der Waals surface area contributed by atoms with E-state index in [2.05, 4.69) is 36.9 Å². The molecule has 2 atom stereocenters. The van der Waals surface area contributed by atoms with Gasteiger partial charge in [-0.25, -0.2) is 0 Å². The third-order valence-electron chi connectivity index (χ3n) is 4.19. The average Bonchev–Trinajstić information content (AvgIpc) is 2.87. The zero-order valence-corrected chi connectivity index (χ0v) is 11.8. The molecular weight excluding hydrogens is 222 g/mol. The van der Waals surface area contributed by atoms with E-state index in [1.807, 2.05) is 13.0 Å². The third kappa shape index (κ3) is 2.69. The second-order valence-electron chi connectivity index (χ2n) is 5.72. The van der Waals surface area contributed by atoms with Crippen LogP contribution in [0.5, 0.6) is 0 Å². The highest BCUT2D eigenvalue weighted by molar-refractivity contribution is 5.55. The van der Waals surface area contributed by atoms with Gasteiger partial charge in [0.15, 0.2) is 0 Å². The summed E-state index contributed by atoms with van der Waals surface area (Å²) in [6.07, 6.45) is 1.71. The van der Waals surface area contributed by atoms with Gasteiger partial charge in [-0.15, -0.1) is 0 Å². The number of hydrogen-bond acceptors (Lipinski definition) is 2. The standard InChI is InChI=1S/C16H25NO/c1-4-16(18)14-7-5-6-8-15(14)17-10-9-13(11-17)12(2)3/h5-8,12-13,16,18H,4,9-11H2,1-3H3. The molecule has 0 radical (unpaired) electrons. The summed E-state index contributed by atoms with van der Waals surface area (Å²) in [5, 5.41) is 10.1. The van der Waals surface area contributed by atoms with Crippen LogP contribution >= 0.6 is 0 Å². The van der Waals surface area contributed by atoms with Gasteiger partial charge in [-0.3, -0.25) is 0 Å². The number of benzene rings is 1. The molecule has 100 valence electrons. The summed E-state index contributed by atoms with van der Waals surface area (Å²) in [4.78, 5) is 2.44. The van der Waals surface area contributed by atoms with Crippen molar-refractivity contribution in [3.8, 4) is 0 Å². The van der Waals surface area contributed by atoms with Crippen molar-refractivity contribution in [3.63, 3.8) is 0 Å². The van der Waals surface area contributed by atoms with Gasteiger partial charge in [-0.05, 0) is 30.7 Å². The van der Waals surface area contributed by atoms with Crippen molar-refractivity contribution in [2.45, 2.75) is 39.7 Å². The van der Waals surface area contributed by atoms with Gasteiger partial charge in [0.05, 0.1) is 6.10 Å². The maximum Gasteiger partial charge on any atom is 0.0807 e. The monoisotopic (exact) mass is 247 g/mol. The summed E-state index contributed by atoms with van der Waals surface area (Å²) in [6, 6.07) is 8.31. The molecule has 2 unspecified atom stereocenters. The lowest BCUT2D eigenvalue weighted by Crippen LogP contribution is -2.22. The van der Waals surface area contributed by atoms with Crippen LogP contribution in [0.15, 0.2) is 24.3 Å². The summed E-state index contributed by atoms with van der Waals surface area (Å²) in [5.74, 6) is 1.54. The normalized spacial score (nSPS) is 21.6. The number of para-hydroxylation sites is 1. The Morgan fingerprint density at radius 1 is 1.33 bits per heavy atom. The predicted molar refractivity (Wildman–Crippen MR) is 76.9 cm³/mol. The van der Waals surface area contributed by atoms with E-state index < -0.39 is 0 Å². The third-order valence-corrected chi connectivity index (χ3v) is 4.19. The molecular formula is C16H25NO. The summed E-state index contributed by atoms with van der Waals surface area (Å²) in [7, 11) is 0. The molecule has 1 aliphatic rings. The maximum atomic E-state index is 10.1. The van der Waals surface area contributed by atoms with Crippen LogP contribution < -0.4 is 4.90 Å². The van der Waals surface area contributed by atoms with Gasteiger partial charge in [-0.1, -0.05) is 39.0 Å². The lowest BCUT2D eigenvalue weighted by atomic mass is 9.95. The number of rotatable bonds is 4. The molecule has 2 nitrogen and oxygen atoms in total. The summed E-state index contributed by atoms with van der Waals surface area (Å²) < 4.78 is 0. The molecule has 0 aromatic heterocycles. The van der Waals surface area contributed by atoms with Gasteiger partial charge in [-0.2, -0.15) is 0 Å². The van der Waals surface area contributed by atoms with Crippen LogP contribution in [0.4, 0.5) is 5.69 Å². The van der Waals surface area contributed by atoms with E-state index >= 15 is 0 Å². The van der Waals surface area contributed by atoms with Gasteiger partial charge < -0.3 is 10.0 Å². The minimum atomic E-state index is -0.334. The second-order valence-corrected chi connectivity index (χ2v) is 5.72. The van der Waals surface area contributed by atoms with Crippen molar-refractivity contribution in [3.05, 3.63) is 29.8 Å². The number of aliphatic hydroxyl groups excluding tert-OH is 1. The Morgan fingerprint density at radius 2 is 2.06 bits per heavy atom. The first kappa shape index (κ1) is 13.4. The van der Waals surface area contributed by atoms with Gasteiger partial charge in [0, 0.05) is 24.3 Å². The highest BCUT2D eigenvalue weighted by Crippen LogP contribution is 2.33. The molecule has 1 aromatic carbocycles. The van der Waals surface area contributed by atoms with Crippen LogP contribution in [0.25, 0.3) is 0 Å². The molecule has 2 heteroatoms. The molecule has 0 saturated carbocycles. The second kappa shape index (κ2) is 5.75. The van der Waals surface area contributed by atoms with Gasteiger partial charge >= 0.3 is 0 Å². The van der Waals surface area contributed by atoms with E-state index in [1.54, 1.807) is 0 Å². The fourth-order valence-corrected chi connectivity index (χ4v) is 2.83. The quantitative estimate of drug-likeness (QED) is 0.878. The van der Waals surface area contributed by atoms with Crippen molar-refractivity contribution in [2.24, 2.45) is 11.8 Å². The minimum Gasteiger partial charge on any atom is -0.388 e. The minimum absolute atomic E-state index is 0.334. The van der Waals surface area contributed by atoms with Gasteiger partial charge in [0.1, 0.15) is 0 Å². The van der Waals surface area contributed by atoms with E-state index in [1.165, 1.54) is 12.1 Å². The lowest BCUT2D eigenvalue weighted by Gasteiger charge is -2.24. The van der Waals surface area contributed by atoms with Crippen LogP contribution in [0.2, 0.25) is 0 Å². The molecule has 0 aliphatic carbocycles. The predicted octanol–water partition coefficient (Wildman–Crippen LogP) is 3.61. The molecule has 2 rings (SSSR count). The molecule has 0 amide bonds. The first-order valence-electron chi connectivity index (χ1n) is 7.15. The van der Waals surface area contributed by atoms with Crippen molar-refractivity contribution in [1.29, 1.82) is 0 Å². The molecule has 1 heterocycles. The fourth-order valence-electron chi connectivity index (χ4n) is 2.83. The zero-order chi connectivity index (χ0) is 13.1. The van der Waals surface area contributed by atoms with Crippen molar-refractivity contribution >= 4 is 5.69 Å². The molecule has 0 bridgehead atoms. The maximum absolute atomic E-state index is 10.1. The molecule has 1 fully saturated rings. The summed E-state index contributed by atoms with van der Waals surface area (Å²) in [5.41, 5.74) is 2.32. The highest BCUT2D eigenvalue weighted by Gasteiger charge is 2.26. The van der Waals surface area contributed by atoms with Crippen LogP contribution in [0.1, 0.15) is 45.3 Å². The fraction of sp³-hybridized carbons (Fsp3) is 0.625. The lowest BCUT2D eigenvalue weighted by molar-refractivity contribution is 0.174. The Hall–Kier alpha value is -1.02.